The van der Waals surface area contributed by atoms with Gasteiger partial charge in [0.15, 0.2) is 0 Å². The average molecular weight is 212 g/mol. The van der Waals surface area contributed by atoms with Gasteiger partial charge in [0.2, 0.25) is 0 Å². The quantitative estimate of drug-likeness (QED) is 0.420. The van der Waals surface area contributed by atoms with Gasteiger partial charge in [0, 0.05) is 0 Å². The van der Waals surface area contributed by atoms with Crippen LogP contribution in [0.1, 0.15) is 0 Å². The van der Waals surface area contributed by atoms with Gasteiger partial charge in [0.05, 0.1) is 22.7 Å². The third kappa shape index (κ3) is 9.70. The molecule has 70 valence electrons. The van der Waals surface area contributed by atoms with E-state index in [2.05, 4.69) is 20.2 Å². The minimum atomic E-state index is -2.59. The van der Waals surface area contributed by atoms with Crippen LogP contribution < -0.4 is 0 Å². The molecule has 0 radical (unpaired) electrons. The summed E-state index contributed by atoms with van der Waals surface area (Å²) in [4.78, 5) is 0. The van der Waals surface area contributed by atoms with Crippen molar-refractivity contribution in [3.8, 4) is 11.8 Å². The van der Waals surface area contributed by atoms with Crippen molar-refractivity contribution in [2.24, 2.45) is 0 Å². The lowest BCUT2D eigenvalue weighted by molar-refractivity contribution is 0.333. The van der Waals surface area contributed by atoms with Crippen LogP contribution in [0.3, 0.4) is 0 Å². The maximum atomic E-state index is 9.72. The van der Waals surface area contributed by atoms with Gasteiger partial charge >= 0.3 is 0 Å². The Morgan fingerprint density at radius 2 is 1.33 bits per heavy atom. The third-order valence-electron chi connectivity index (χ3n) is 0.580. The number of rotatable bonds is 4. The molecular formula is C4H4O6S2-2. The summed E-state index contributed by atoms with van der Waals surface area (Å²) < 4.78 is 46.8. The average Bonchev–Trinajstić information content (AvgIpc) is 1.95. The van der Waals surface area contributed by atoms with Crippen molar-refractivity contribution in [2.45, 2.75) is 0 Å². The lowest BCUT2D eigenvalue weighted by atomic mass is 10.6. The van der Waals surface area contributed by atoms with Gasteiger partial charge in [0.1, 0.15) is 13.2 Å². The van der Waals surface area contributed by atoms with Gasteiger partial charge in [-0.25, -0.2) is 8.42 Å². The zero-order valence-corrected chi connectivity index (χ0v) is 7.31. The highest BCUT2D eigenvalue weighted by Gasteiger charge is 1.79. The fourth-order valence-corrected chi connectivity index (χ4v) is 0.568. The summed E-state index contributed by atoms with van der Waals surface area (Å²) in [6, 6.07) is 0. The maximum absolute atomic E-state index is 9.72. The molecule has 0 amide bonds. The van der Waals surface area contributed by atoms with Gasteiger partial charge in [-0.2, -0.15) is 0 Å². The maximum Gasteiger partial charge on any atom is 0.124 e. The lowest BCUT2D eigenvalue weighted by Crippen LogP contribution is -1.97. The summed E-state index contributed by atoms with van der Waals surface area (Å²) in [5.41, 5.74) is 0. The number of hydrogen-bond acceptors (Lipinski definition) is 6. The summed E-state index contributed by atoms with van der Waals surface area (Å²) in [6.07, 6.45) is 0. The van der Waals surface area contributed by atoms with Crippen LogP contribution in [0.25, 0.3) is 0 Å². The first-order valence-corrected chi connectivity index (χ1v) is 4.53. The van der Waals surface area contributed by atoms with Crippen LogP contribution in [-0.4, -0.2) is 30.7 Å². The van der Waals surface area contributed by atoms with Gasteiger partial charge in [-0.15, -0.1) is 0 Å². The zero-order chi connectivity index (χ0) is 9.40. The highest BCUT2D eigenvalue weighted by atomic mass is 32.2. The molecule has 0 bridgehead atoms. The summed E-state index contributed by atoms with van der Waals surface area (Å²) in [6.45, 7) is -0.629. The highest BCUT2D eigenvalue weighted by Crippen LogP contribution is 1.77. The molecule has 0 rings (SSSR count). The first-order valence-electron chi connectivity index (χ1n) is 2.53. The predicted octanol–water partition coefficient (Wildman–Crippen LogP) is -1.39. The lowest BCUT2D eigenvalue weighted by Gasteiger charge is -2.00. The Labute approximate surface area is 74.2 Å². The Balaban J connectivity index is 3.35. The van der Waals surface area contributed by atoms with E-state index in [-0.39, 0.29) is 13.2 Å². The SMILES string of the molecule is O=S([O-])OCC#CCOS(=O)[O-]. The molecule has 0 aromatic carbocycles. The Morgan fingerprint density at radius 1 is 1.00 bits per heavy atom. The van der Waals surface area contributed by atoms with Crippen LogP contribution in [0.4, 0.5) is 0 Å². The first kappa shape index (κ1) is 11.7. The van der Waals surface area contributed by atoms with E-state index in [4.69, 9.17) is 0 Å². The van der Waals surface area contributed by atoms with Crippen molar-refractivity contribution in [3.05, 3.63) is 0 Å². The van der Waals surface area contributed by atoms with E-state index in [1.54, 1.807) is 0 Å². The fourth-order valence-electron chi connectivity index (χ4n) is 0.257. The third-order valence-corrected chi connectivity index (χ3v) is 1.20. The molecule has 0 aromatic heterocycles. The molecule has 6 nitrogen and oxygen atoms in total. The van der Waals surface area contributed by atoms with Crippen molar-refractivity contribution in [2.75, 3.05) is 13.2 Å². The molecule has 2 unspecified atom stereocenters. The molecule has 0 saturated heterocycles. The monoisotopic (exact) mass is 212 g/mol. The summed E-state index contributed by atoms with van der Waals surface area (Å²) >= 11 is -5.19. The van der Waals surface area contributed by atoms with Gasteiger partial charge in [-0.05, 0) is 0 Å². The van der Waals surface area contributed by atoms with Gasteiger partial charge < -0.3 is 9.11 Å². The molecule has 0 aliphatic carbocycles. The molecule has 0 aromatic rings. The molecule has 0 aliphatic rings. The fraction of sp³-hybridized carbons (Fsp3) is 0.500. The summed E-state index contributed by atoms with van der Waals surface area (Å²) in [5.74, 6) is 4.42. The van der Waals surface area contributed by atoms with Gasteiger partial charge in [-0.1, -0.05) is 11.8 Å². The molecule has 0 aliphatic heterocycles. The molecule has 2 atom stereocenters. The minimum absolute atomic E-state index is 0.315. The Kier molecular flexibility index (Phi) is 7.17. The summed E-state index contributed by atoms with van der Waals surface area (Å²) in [5, 5.41) is 0. The van der Waals surface area contributed by atoms with Crippen LogP contribution in [0.2, 0.25) is 0 Å². The van der Waals surface area contributed by atoms with Crippen LogP contribution in [0.5, 0.6) is 0 Å². The molecule has 0 fully saturated rings. The molecule has 0 saturated carbocycles. The molecule has 0 N–H and O–H groups in total. The van der Waals surface area contributed by atoms with Gasteiger partial charge in [0.25, 0.3) is 0 Å². The smallest absolute Gasteiger partial charge is 0.124 e. The second-order valence-electron chi connectivity index (χ2n) is 1.29. The molecular weight excluding hydrogens is 208 g/mol. The highest BCUT2D eigenvalue weighted by molar-refractivity contribution is 7.74. The Hall–Kier alpha value is -0.300. The van der Waals surface area contributed by atoms with Crippen LogP contribution >= 0.6 is 0 Å². The van der Waals surface area contributed by atoms with E-state index >= 15 is 0 Å². The van der Waals surface area contributed by atoms with Crippen LogP contribution in [-0.2, 0) is 31.1 Å². The van der Waals surface area contributed by atoms with Crippen molar-refractivity contribution in [3.63, 3.8) is 0 Å². The second kappa shape index (κ2) is 7.35. The second-order valence-corrected chi connectivity index (χ2v) is 2.57. The standard InChI is InChI=1S/C4H6O6S2/c5-11(6)9-3-1-2-4-10-12(7)8/h3-4H2,(H,5,6)(H,7,8)/p-2. The largest absolute Gasteiger partial charge is 0.750 e. The van der Waals surface area contributed by atoms with E-state index in [1.165, 1.54) is 0 Å². The van der Waals surface area contributed by atoms with Crippen molar-refractivity contribution < 1.29 is 25.9 Å². The number of hydrogen-bond donors (Lipinski definition) is 0. The van der Waals surface area contributed by atoms with E-state index in [0.29, 0.717) is 0 Å². The zero-order valence-electron chi connectivity index (χ0n) is 5.68. The predicted molar refractivity (Wildman–Crippen MR) is 37.5 cm³/mol. The van der Waals surface area contributed by atoms with E-state index in [0.717, 1.165) is 0 Å². The van der Waals surface area contributed by atoms with Crippen molar-refractivity contribution >= 4 is 22.7 Å². The molecule has 8 heteroatoms. The van der Waals surface area contributed by atoms with Gasteiger partial charge in [-0.3, -0.25) is 8.37 Å². The Morgan fingerprint density at radius 3 is 1.58 bits per heavy atom. The molecule has 12 heavy (non-hydrogen) atoms. The van der Waals surface area contributed by atoms with E-state index in [1.807, 2.05) is 0 Å². The van der Waals surface area contributed by atoms with Crippen LogP contribution in [0.15, 0.2) is 0 Å². The normalized spacial score (nSPS) is 14.5. The molecule has 0 heterocycles. The molecule has 0 spiro atoms. The van der Waals surface area contributed by atoms with E-state index < -0.39 is 22.7 Å². The van der Waals surface area contributed by atoms with E-state index in [9.17, 15) is 17.5 Å². The van der Waals surface area contributed by atoms with Crippen molar-refractivity contribution in [1.29, 1.82) is 0 Å². The minimum Gasteiger partial charge on any atom is -0.750 e. The Bertz CT molecular complexity index is 205. The van der Waals surface area contributed by atoms with Crippen molar-refractivity contribution in [1.82, 2.24) is 0 Å². The van der Waals surface area contributed by atoms with Crippen LogP contribution in [0, 0.1) is 11.8 Å². The summed E-state index contributed by atoms with van der Waals surface area (Å²) in [7, 11) is 0. The topological polar surface area (TPSA) is 98.7 Å². The first-order chi connectivity index (χ1) is 5.63.